The lowest BCUT2D eigenvalue weighted by atomic mass is 10.1. The van der Waals surface area contributed by atoms with E-state index < -0.39 is 0 Å². The molecule has 5 heteroatoms. The summed E-state index contributed by atoms with van der Waals surface area (Å²) in [5, 5.41) is 6.23. The first-order valence-corrected chi connectivity index (χ1v) is 7.11. The third-order valence-corrected chi connectivity index (χ3v) is 3.59. The number of carbonyl (C=O) groups is 1. The molecule has 2 aliphatic rings. The lowest BCUT2D eigenvalue weighted by Gasteiger charge is -2.30. The van der Waals surface area contributed by atoms with Crippen LogP contribution in [-0.4, -0.2) is 62.3 Å². The topological polar surface area (TPSA) is 53.6 Å². The van der Waals surface area contributed by atoms with Crippen molar-refractivity contribution in [2.45, 2.75) is 38.3 Å². The van der Waals surface area contributed by atoms with Gasteiger partial charge in [0.25, 0.3) is 5.91 Å². The zero-order valence-electron chi connectivity index (χ0n) is 11.3. The molecule has 1 amide bonds. The van der Waals surface area contributed by atoms with Gasteiger partial charge in [-0.25, -0.2) is 0 Å². The molecule has 18 heavy (non-hydrogen) atoms. The molecule has 0 radical (unpaired) electrons. The van der Waals surface area contributed by atoms with Crippen LogP contribution in [0.4, 0.5) is 0 Å². The van der Waals surface area contributed by atoms with E-state index in [0.29, 0.717) is 13.2 Å². The molecule has 0 aliphatic carbocycles. The number of rotatable bonds is 4. The molecule has 2 heterocycles. The number of nitrogens with one attached hydrogen (secondary N) is 2. The highest BCUT2D eigenvalue weighted by molar-refractivity contribution is 5.81. The third-order valence-electron chi connectivity index (χ3n) is 3.59. The summed E-state index contributed by atoms with van der Waals surface area (Å²) in [4.78, 5) is 14.4. The molecule has 2 unspecified atom stereocenters. The summed E-state index contributed by atoms with van der Waals surface area (Å²) >= 11 is 0. The molecule has 0 aromatic carbocycles. The standard InChI is InChI=1S/C13H25N3O2/c1-11(10-16-6-3-2-4-7-16)15-13(17)12-9-14-5-8-18-12/h11-12,14H,2-10H2,1H3,(H,15,17). The van der Waals surface area contributed by atoms with Gasteiger partial charge in [0.1, 0.15) is 6.10 Å². The van der Waals surface area contributed by atoms with Crippen molar-refractivity contribution < 1.29 is 9.53 Å². The van der Waals surface area contributed by atoms with Gasteiger partial charge in [-0.05, 0) is 32.9 Å². The highest BCUT2D eigenvalue weighted by Gasteiger charge is 2.23. The summed E-state index contributed by atoms with van der Waals surface area (Å²) in [5.74, 6) is 0.0201. The number of ether oxygens (including phenoxy) is 1. The second-order valence-corrected chi connectivity index (χ2v) is 5.33. The molecule has 2 saturated heterocycles. The van der Waals surface area contributed by atoms with Gasteiger partial charge in [-0.2, -0.15) is 0 Å². The van der Waals surface area contributed by atoms with E-state index in [-0.39, 0.29) is 18.1 Å². The first-order valence-electron chi connectivity index (χ1n) is 7.11. The summed E-state index contributed by atoms with van der Waals surface area (Å²) in [7, 11) is 0. The number of hydrogen-bond donors (Lipinski definition) is 2. The van der Waals surface area contributed by atoms with Crippen molar-refractivity contribution in [3.05, 3.63) is 0 Å². The Hall–Kier alpha value is -0.650. The maximum absolute atomic E-state index is 12.0. The van der Waals surface area contributed by atoms with Crippen LogP contribution in [0.3, 0.4) is 0 Å². The average molecular weight is 255 g/mol. The van der Waals surface area contributed by atoms with Crippen molar-refractivity contribution in [3.8, 4) is 0 Å². The molecule has 2 N–H and O–H groups in total. The van der Waals surface area contributed by atoms with Crippen LogP contribution >= 0.6 is 0 Å². The fourth-order valence-corrected chi connectivity index (χ4v) is 2.64. The zero-order chi connectivity index (χ0) is 12.8. The Morgan fingerprint density at radius 3 is 2.89 bits per heavy atom. The number of hydrogen-bond acceptors (Lipinski definition) is 4. The molecule has 5 nitrogen and oxygen atoms in total. The van der Waals surface area contributed by atoms with Gasteiger partial charge in [0.15, 0.2) is 0 Å². The minimum absolute atomic E-state index is 0.0201. The van der Waals surface area contributed by atoms with Crippen molar-refractivity contribution in [1.82, 2.24) is 15.5 Å². The summed E-state index contributed by atoms with van der Waals surface area (Å²) < 4.78 is 5.44. The van der Waals surface area contributed by atoms with Crippen LogP contribution in [0, 0.1) is 0 Å². The number of piperidine rings is 1. The number of likely N-dealkylation sites (tertiary alicyclic amines) is 1. The van der Waals surface area contributed by atoms with Crippen molar-refractivity contribution in [1.29, 1.82) is 0 Å². The monoisotopic (exact) mass is 255 g/mol. The summed E-state index contributed by atoms with van der Waals surface area (Å²) in [6, 6.07) is 0.195. The lowest BCUT2D eigenvalue weighted by Crippen LogP contribution is -2.52. The quantitative estimate of drug-likeness (QED) is 0.740. The predicted molar refractivity (Wildman–Crippen MR) is 70.5 cm³/mol. The Morgan fingerprint density at radius 1 is 1.44 bits per heavy atom. The van der Waals surface area contributed by atoms with Crippen LogP contribution in [0.25, 0.3) is 0 Å². The van der Waals surface area contributed by atoms with E-state index in [9.17, 15) is 4.79 Å². The number of morpholine rings is 1. The Bertz CT molecular complexity index is 261. The van der Waals surface area contributed by atoms with Gasteiger partial charge < -0.3 is 20.3 Å². The SMILES string of the molecule is CC(CN1CCCCC1)NC(=O)C1CNCCO1. The second kappa shape index (κ2) is 7.07. The maximum atomic E-state index is 12.0. The fraction of sp³-hybridized carbons (Fsp3) is 0.923. The number of nitrogens with zero attached hydrogens (tertiary/aromatic N) is 1. The fourth-order valence-electron chi connectivity index (χ4n) is 2.64. The van der Waals surface area contributed by atoms with E-state index in [1.54, 1.807) is 0 Å². The first kappa shape index (κ1) is 13.8. The maximum Gasteiger partial charge on any atom is 0.250 e. The zero-order valence-corrected chi connectivity index (χ0v) is 11.3. The van der Waals surface area contributed by atoms with Crippen LogP contribution < -0.4 is 10.6 Å². The van der Waals surface area contributed by atoms with Crippen LogP contribution in [0.5, 0.6) is 0 Å². The minimum atomic E-state index is -0.317. The van der Waals surface area contributed by atoms with E-state index in [1.165, 1.54) is 32.4 Å². The van der Waals surface area contributed by atoms with E-state index in [1.807, 2.05) is 0 Å². The molecule has 2 aliphatic heterocycles. The molecule has 104 valence electrons. The Kier molecular flexibility index (Phi) is 5.41. The highest BCUT2D eigenvalue weighted by Crippen LogP contribution is 2.08. The second-order valence-electron chi connectivity index (χ2n) is 5.33. The van der Waals surface area contributed by atoms with Crippen LogP contribution in [-0.2, 0) is 9.53 Å². The van der Waals surface area contributed by atoms with Gasteiger partial charge in [-0.1, -0.05) is 6.42 Å². The highest BCUT2D eigenvalue weighted by atomic mass is 16.5. The van der Waals surface area contributed by atoms with Crippen molar-refractivity contribution >= 4 is 5.91 Å². The van der Waals surface area contributed by atoms with Gasteiger partial charge >= 0.3 is 0 Å². The average Bonchev–Trinajstić information content (AvgIpc) is 2.40. The molecule has 0 aromatic rings. The van der Waals surface area contributed by atoms with Gasteiger partial charge in [0.05, 0.1) is 6.61 Å². The van der Waals surface area contributed by atoms with Gasteiger partial charge in [-0.15, -0.1) is 0 Å². The Balaban J connectivity index is 1.68. The Morgan fingerprint density at radius 2 is 2.22 bits per heavy atom. The van der Waals surface area contributed by atoms with E-state index in [0.717, 1.165) is 13.1 Å². The molecule has 0 saturated carbocycles. The summed E-state index contributed by atoms with van der Waals surface area (Å²) in [5.41, 5.74) is 0. The number of amides is 1. The van der Waals surface area contributed by atoms with Crippen molar-refractivity contribution in [2.24, 2.45) is 0 Å². The first-order chi connectivity index (χ1) is 8.75. The normalized spacial score (nSPS) is 27.7. The van der Waals surface area contributed by atoms with Crippen LogP contribution in [0.2, 0.25) is 0 Å². The molecular weight excluding hydrogens is 230 g/mol. The van der Waals surface area contributed by atoms with E-state index >= 15 is 0 Å². The number of carbonyl (C=O) groups excluding carboxylic acids is 1. The smallest absolute Gasteiger partial charge is 0.250 e. The van der Waals surface area contributed by atoms with E-state index in [4.69, 9.17) is 4.74 Å². The molecule has 2 atom stereocenters. The molecule has 0 bridgehead atoms. The Labute approximate surface area is 109 Å². The van der Waals surface area contributed by atoms with Crippen LogP contribution in [0.1, 0.15) is 26.2 Å². The van der Waals surface area contributed by atoms with Crippen molar-refractivity contribution in [3.63, 3.8) is 0 Å². The van der Waals surface area contributed by atoms with Crippen LogP contribution in [0.15, 0.2) is 0 Å². The molecular formula is C13H25N3O2. The van der Waals surface area contributed by atoms with E-state index in [2.05, 4.69) is 22.5 Å². The molecule has 0 spiro atoms. The van der Waals surface area contributed by atoms with Gasteiger partial charge in [0, 0.05) is 25.7 Å². The molecule has 2 rings (SSSR count). The summed E-state index contributed by atoms with van der Waals surface area (Å²) in [6.07, 6.45) is 3.61. The van der Waals surface area contributed by atoms with Crippen molar-refractivity contribution in [2.75, 3.05) is 39.3 Å². The molecule has 0 aromatic heterocycles. The summed E-state index contributed by atoms with van der Waals surface area (Å²) in [6.45, 7) is 7.45. The predicted octanol–water partition coefficient (Wildman–Crippen LogP) is -0.0346. The lowest BCUT2D eigenvalue weighted by molar-refractivity contribution is -0.135. The third kappa shape index (κ3) is 4.23. The van der Waals surface area contributed by atoms with Gasteiger partial charge in [-0.3, -0.25) is 4.79 Å². The minimum Gasteiger partial charge on any atom is -0.366 e. The molecule has 2 fully saturated rings. The van der Waals surface area contributed by atoms with Gasteiger partial charge in [0.2, 0.25) is 0 Å². The largest absolute Gasteiger partial charge is 0.366 e.